The van der Waals surface area contributed by atoms with E-state index in [1.807, 2.05) is 18.4 Å². The van der Waals surface area contributed by atoms with Crippen LogP contribution in [0.4, 0.5) is 11.4 Å². The maximum absolute atomic E-state index is 11.4. The van der Waals surface area contributed by atoms with Crippen LogP contribution in [0.3, 0.4) is 0 Å². The summed E-state index contributed by atoms with van der Waals surface area (Å²) in [4.78, 5) is 15.7. The molecule has 0 aliphatic heterocycles. The van der Waals surface area contributed by atoms with Crippen molar-refractivity contribution in [3.8, 4) is 0 Å². The van der Waals surface area contributed by atoms with Gasteiger partial charge in [0.2, 0.25) is 0 Å². The van der Waals surface area contributed by atoms with E-state index < -0.39 is 0 Å². The van der Waals surface area contributed by atoms with Crippen molar-refractivity contribution in [2.75, 3.05) is 11.1 Å². The lowest BCUT2D eigenvalue weighted by Crippen LogP contribution is -2.04. The van der Waals surface area contributed by atoms with Gasteiger partial charge in [0.25, 0.3) is 0 Å². The van der Waals surface area contributed by atoms with Crippen LogP contribution in [0.5, 0.6) is 0 Å². The lowest BCUT2D eigenvalue weighted by atomic mass is 10.1. The minimum absolute atomic E-state index is 0.0272. The van der Waals surface area contributed by atoms with Crippen LogP contribution >= 0.6 is 11.3 Å². The third kappa shape index (κ3) is 2.87. The number of thiazole rings is 1. The van der Waals surface area contributed by atoms with Crippen LogP contribution in [0.15, 0.2) is 23.6 Å². The van der Waals surface area contributed by atoms with Crippen molar-refractivity contribution in [3.05, 3.63) is 39.8 Å². The number of carbonyl (C=O) groups is 1. The molecule has 5 heteroatoms. The monoisotopic (exact) mass is 261 g/mol. The Hall–Kier alpha value is -1.88. The maximum atomic E-state index is 11.4. The molecule has 0 atom stereocenters. The number of hydrogen-bond donors (Lipinski definition) is 2. The first kappa shape index (κ1) is 12.6. The smallest absolute Gasteiger partial charge is 0.161 e. The number of aromatic nitrogens is 1. The van der Waals surface area contributed by atoms with Gasteiger partial charge >= 0.3 is 0 Å². The van der Waals surface area contributed by atoms with Crippen LogP contribution in [0.2, 0.25) is 0 Å². The highest BCUT2D eigenvalue weighted by molar-refractivity contribution is 7.09. The molecule has 0 radical (unpaired) electrons. The molecule has 4 nitrogen and oxygen atoms in total. The third-order valence-electron chi connectivity index (χ3n) is 2.57. The molecule has 0 unspecified atom stereocenters. The molecule has 94 valence electrons. The molecule has 3 N–H and O–H groups in total. The van der Waals surface area contributed by atoms with Crippen LogP contribution in [0.25, 0.3) is 0 Å². The number of nitrogen functional groups attached to an aromatic ring is 1. The molecular formula is C13H15N3OS. The Bertz CT molecular complexity index is 577. The normalized spacial score (nSPS) is 10.3. The van der Waals surface area contributed by atoms with Crippen molar-refractivity contribution < 1.29 is 4.79 Å². The second-order valence-corrected chi connectivity index (χ2v) is 5.13. The fraction of sp³-hybridized carbons (Fsp3) is 0.231. The number of Topliss-reactive ketones (excluding diaryl/α,β-unsaturated/α-hetero) is 1. The van der Waals surface area contributed by atoms with Crippen molar-refractivity contribution in [1.29, 1.82) is 0 Å². The molecule has 0 amide bonds. The van der Waals surface area contributed by atoms with Gasteiger partial charge in [0.1, 0.15) is 0 Å². The van der Waals surface area contributed by atoms with Gasteiger partial charge in [-0.05, 0) is 32.0 Å². The van der Waals surface area contributed by atoms with Crippen molar-refractivity contribution in [2.24, 2.45) is 0 Å². The molecule has 0 fully saturated rings. The zero-order valence-electron chi connectivity index (χ0n) is 10.4. The number of ketones is 1. The van der Waals surface area contributed by atoms with E-state index in [4.69, 9.17) is 5.73 Å². The number of hydrogen-bond acceptors (Lipinski definition) is 5. The summed E-state index contributed by atoms with van der Waals surface area (Å²) < 4.78 is 0. The molecule has 1 heterocycles. The van der Waals surface area contributed by atoms with Crippen molar-refractivity contribution in [2.45, 2.75) is 20.4 Å². The van der Waals surface area contributed by atoms with Crippen molar-refractivity contribution in [1.82, 2.24) is 4.98 Å². The van der Waals surface area contributed by atoms with E-state index in [9.17, 15) is 4.79 Å². The number of benzene rings is 1. The fourth-order valence-electron chi connectivity index (χ4n) is 1.65. The van der Waals surface area contributed by atoms with Crippen LogP contribution < -0.4 is 11.1 Å². The first-order valence-electron chi connectivity index (χ1n) is 5.61. The summed E-state index contributed by atoms with van der Waals surface area (Å²) in [5.74, 6) is -0.0272. The van der Waals surface area contributed by atoms with Gasteiger partial charge in [0.05, 0.1) is 17.2 Å². The zero-order valence-corrected chi connectivity index (χ0v) is 11.2. The van der Waals surface area contributed by atoms with Gasteiger partial charge in [-0.25, -0.2) is 4.98 Å². The highest BCUT2D eigenvalue weighted by Gasteiger charge is 2.06. The van der Waals surface area contributed by atoms with Crippen LogP contribution in [0, 0.1) is 6.92 Å². The predicted molar refractivity (Wildman–Crippen MR) is 75.0 cm³/mol. The molecule has 18 heavy (non-hydrogen) atoms. The number of nitrogens with two attached hydrogens (primary N) is 1. The average Bonchev–Trinajstić information content (AvgIpc) is 2.74. The van der Waals surface area contributed by atoms with Crippen molar-refractivity contribution in [3.63, 3.8) is 0 Å². The van der Waals surface area contributed by atoms with Gasteiger partial charge in [-0.3, -0.25) is 4.79 Å². The Morgan fingerprint density at radius 2 is 2.28 bits per heavy atom. The van der Waals surface area contributed by atoms with Gasteiger partial charge in [0.15, 0.2) is 5.78 Å². The standard InChI is InChI=1S/C13H15N3OS/c1-8(17)12-5-10(3-4-13(12)14)15-6-11-7-18-9(2)16-11/h3-5,7,15H,6,14H2,1-2H3. The summed E-state index contributed by atoms with van der Waals surface area (Å²) in [5, 5.41) is 6.30. The van der Waals surface area contributed by atoms with E-state index >= 15 is 0 Å². The molecule has 0 saturated carbocycles. The number of nitrogens with zero attached hydrogens (tertiary/aromatic N) is 1. The SMILES string of the molecule is CC(=O)c1cc(NCc2csc(C)n2)ccc1N. The number of anilines is 2. The van der Waals surface area contributed by atoms with Crippen molar-refractivity contribution >= 4 is 28.5 Å². The lowest BCUT2D eigenvalue weighted by Gasteiger charge is -2.08. The summed E-state index contributed by atoms with van der Waals surface area (Å²) in [5.41, 5.74) is 8.68. The largest absolute Gasteiger partial charge is 0.398 e. The first-order chi connectivity index (χ1) is 8.56. The maximum Gasteiger partial charge on any atom is 0.161 e. The van der Waals surface area contributed by atoms with E-state index in [2.05, 4.69) is 10.3 Å². The molecular weight excluding hydrogens is 246 g/mol. The molecule has 2 aromatic rings. The predicted octanol–water partition coefficient (Wildman–Crippen LogP) is 2.85. The number of nitrogens with one attached hydrogen (secondary N) is 1. The molecule has 0 bridgehead atoms. The molecule has 1 aromatic heterocycles. The first-order valence-corrected chi connectivity index (χ1v) is 6.49. The van der Waals surface area contributed by atoms with Gasteiger partial charge in [-0.2, -0.15) is 0 Å². The molecule has 2 rings (SSSR count). The highest BCUT2D eigenvalue weighted by Crippen LogP contribution is 2.19. The van der Waals surface area contributed by atoms with E-state index in [-0.39, 0.29) is 5.78 Å². The summed E-state index contributed by atoms with van der Waals surface area (Å²) in [6.07, 6.45) is 0. The van der Waals surface area contributed by atoms with Gasteiger partial charge in [0, 0.05) is 22.3 Å². The second kappa shape index (κ2) is 5.18. The Balaban J connectivity index is 2.10. The lowest BCUT2D eigenvalue weighted by molar-refractivity contribution is 0.101. The number of rotatable bonds is 4. The Labute approximate surface area is 110 Å². The molecule has 0 aliphatic rings. The van der Waals surface area contributed by atoms with E-state index in [1.54, 1.807) is 23.5 Å². The minimum Gasteiger partial charge on any atom is -0.398 e. The molecule has 1 aromatic carbocycles. The summed E-state index contributed by atoms with van der Waals surface area (Å²) in [6, 6.07) is 5.38. The van der Waals surface area contributed by atoms with E-state index in [1.165, 1.54) is 6.92 Å². The number of carbonyl (C=O) groups excluding carboxylic acids is 1. The average molecular weight is 261 g/mol. The van der Waals surface area contributed by atoms with E-state index in [0.29, 0.717) is 17.8 Å². The zero-order chi connectivity index (χ0) is 13.1. The molecule has 0 saturated heterocycles. The van der Waals surface area contributed by atoms with Crippen LogP contribution in [0.1, 0.15) is 28.0 Å². The third-order valence-corrected chi connectivity index (χ3v) is 3.40. The summed E-state index contributed by atoms with van der Waals surface area (Å²) in [7, 11) is 0. The minimum atomic E-state index is -0.0272. The Morgan fingerprint density at radius 3 is 2.89 bits per heavy atom. The Kier molecular flexibility index (Phi) is 3.62. The Morgan fingerprint density at radius 1 is 1.50 bits per heavy atom. The van der Waals surface area contributed by atoms with Crippen LogP contribution in [-0.2, 0) is 6.54 Å². The summed E-state index contributed by atoms with van der Waals surface area (Å²) in [6.45, 7) is 4.14. The molecule has 0 aliphatic carbocycles. The quantitative estimate of drug-likeness (QED) is 0.656. The summed E-state index contributed by atoms with van der Waals surface area (Å²) >= 11 is 1.62. The van der Waals surface area contributed by atoms with Gasteiger partial charge in [-0.1, -0.05) is 0 Å². The highest BCUT2D eigenvalue weighted by atomic mass is 32.1. The topological polar surface area (TPSA) is 68.0 Å². The fourth-order valence-corrected chi connectivity index (χ4v) is 2.27. The van der Waals surface area contributed by atoms with E-state index in [0.717, 1.165) is 16.4 Å². The van der Waals surface area contributed by atoms with Gasteiger partial charge in [-0.15, -0.1) is 11.3 Å². The second-order valence-electron chi connectivity index (χ2n) is 4.07. The van der Waals surface area contributed by atoms with Gasteiger partial charge < -0.3 is 11.1 Å². The van der Waals surface area contributed by atoms with Crippen LogP contribution in [-0.4, -0.2) is 10.8 Å². The molecule has 0 spiro atoms. The number of aryl methyl sites for hydroxylation is 1.